The number of nitro groups is 1. The number of non-ortho nitro benzene ring substituents is 1. The highest BCUT2D eigenvalue weighted by Crippen LogP contribution is 2.22. The van der Waals surface area contributed by atoms with E-state index in [-0.39, 0.29) is 24.2 Å². The van der Waals surface area contributed by atoms with Gasteiger partial charge in [-0.1, -0.05) is 18.2 Å². The first kappa shape index (κ1) is 17.1. The molecule has 1 saturated heterocycles. The van der Waals surface area contributed by atoms with E-state index in [1.807, 2.05) is 0 Å². The van der Waals surface area contributed by atoms with Crippen molar-refractivity contribution in [2.24, 2.45) is 5.73 Å². The molecule has 2 atom stereocenters. The summed E-state index contributed by atoms with van der Waals surface area (Å²) < 4.78 is 5.64. The van der Waals surface area contributed by atoms with E-state index in [1.165, 1.54) is 12.1 Å². The molecule has 1 aliphatic rings. The summed E-state index contributed by atoms with van der Waals surface area (Å²) in [6.45, 7) is 4.70. The molecule has 1 aromatic carbocycles. The maximum Gasteiger partial charge on any atom is 0.269 e. The monoisotopic (exact) mass is 319 g/mol. The van der Waals surface area contributed by atoms with Gasteiger partial charge in [0.1, 0.15) is 6.10 Å². The quantitative estimate of drug-likeness (QED) is 0.468. The molecule has 1 aromatic rings. The van der Waals surface area contributed by atoms with Crippen LogP contribution in [0.2, 0.25) is 0 Å². The highest BCUT2D eigenvalue weighted by atomic mass is 16.6. The fourth-order valence-corrected chi connectivity index (χ4v) is 2.64. The summed E-state index contributed by atoms with van der Waals surface area (Å²) in [5.74, 6) is -0.132. The Balaban J connectivity index is 2.09. The lowest BCUT2D eigenvalue weighted by Crippen LogP contribution is -2.39. The topological polar surface area (TPSA) is 98.7 Å². The van der Waals surface area contributed by atoms with Gasteiger partial charge in [0, 0.05) is 31.8 Å². The van der Waals surface area contributed by atoms with Gasteiger partial charge in [-0.2, -0.15) is 0 Å². The van der Waals surface area contributed by atoms with Crippen LogP contribution in [0.5, 0.6) is 0 Å². The van der Waals surface area contributed by atoms with Crippen LogP contribution in [-0.2, 0) is 16.1 Å². The summed E-state index contributed by atoms with van der Waals surface area (Å²) in [5.41, 5.74) is 6.27. The molecular formula is C16H21N3O4. The summed E-state index contributed by atoms with van der Waals surface area (Å²) in [4.78, 5) is 24.6. The van der Waals surface area contributed by atoms with Crippen LogP contribution in [-0.4, -0.2) is 41.0 Å². The number of nitro benzene ring substituents is 1. The molecule has 2 N–H and O–H groups in total. The SMILES string of the molecule is C=CCN(Cc1cccc([N+](=O)[O-])c1)C(=O)[C@@H]1CC[C@H](CN)O1. The van der Waals surface area contributed by atoms with Crippen molar-refractivity contribution < 1.29 is 14.5 Å². The second-order valence-electron chi connectivity index (χ2n) is 5.49. The molecule has 0 unspecified atom stereocenters. The normalized spacial score (nSPS) is 20.2. The number of benzene rings is 1. The number of amides is 1. The third kappa shape index (κ3) is 4.37. The van der Waals surface area contributed by atoms with Crippen molar-refractivity contribution in [1.82, 2.24) is 4.90 Å². The van der Waals surface area contributed by atoms with Crippen molar-refractivity contribution in [1.29, 1.82) is 0 Å². The number of hydrogen-bond acceptors (Lipinski definition) is 5. The molecule has 0 aromatic heterocycles. The standard InChI is InChI=1S/C16H21N3O4/c1-2-8-18(16(20)15-7-6-14(10-17)23-15)11-12-4-3-5-13(9-12)19(21)22/h2-5,9,14-15H,1,6-8,10-11,17H2/t14-,15+/m1/s1. The molecule has 0 saturated carbocycles. The second kappa shape index (κ2) is 7.85. The summed E-state index contributed by atoms with van der Waals surface area (Å²) in [5, 5.41) is 10.9. The van der Waals surface area contributed by atoms with Crippen LogP contribution >= 0.6 is 0 Å². The smallest absolute Gasteiger partial charge is 0.269 e. The van der Waals surface area contributed by atoms with E-state index in [0.717, 1.165) is 6.42 Å². The fourth-order valence-electron chi connectivity index (χ4n) is 2.64. The highest BCUT2D eigenvalue weighted by Gasteiger charge is 2.32. The molecule has 0 radical (unpaired) electrons. The number of hydrogen-bond donors (Lipinski definition) is 1. The third-order valence-electron chi connectivity index (χ3n) is 3.80. The Bertz CT molecular complexity index is 590. The maximum absolute atomic E-state index is 12.6. The number of ether oxygens (including phenoxy) is 1. The lowest BCUT2D eigenvalue weighted by atomic mass is 10.1. The Morgan fingerprint density at radius 3 is 2.91 bits per heavy atom. The van der Waals surface area contributed by atoms with Crippen LogP contribution < -0.4 is 5.73 Å². The summed E-state index contributed by atoms with van der Waals surface area (Å²) in [6.07, 6.45) is 2.47. The van der Waals surface area contributed by atoms with E-state index in [1.54, 1.807) is 23.1 Å². The minimum atomic E-state index is -0.498. The van der Waals surface area contributed by atoms with Gasteiger partial charge in [-0.25, -0.2) is 0 Å². The van der Waals surface area contributed by atoms with Crippen molar-refractivity contribution in [2.45, 2.75) is 31.6 Å². The molecule has 7 nitrogen and oxygen atoms in total. The predicted octanol–water partition coefficient (Wildman–Crippen LogP) is 1.62. The molecule has 1 heterocycles. The number of carbonyl (C=O) groups is 1. The third-order valence-corrected chi connectivity index (χ3v) is 3.80. The second-order valence-corrected chi connectivity index (χ2v) is 5.49. The Morgan fingerprint density at radius 2 is 2.30 bits per heavy atom. The van der Waals surface area contributed by atoms with E-state index in [0.29, 0.717) is 25.1 Å². The molecule has 124 valence electrons. The van der Waals surface area contributed by atoms with Crippen LogP contribution in [0, 0.1) is 10.1 Å². The molecule has 0 aliphatic carbocycles. The first-order valence-electron chi connectivity index (χ1n) is 7.53. The van der Waals surface area contributed by atoms with Crippen LogP contribution in [0.25, 0.3) is 0 Å². The largest absolute Gasteiger partial charge is 0.364 e. The molecular weight excluding hydrogens is 298 g/mol. The van der Waals surface area contributed by atoms with E-state index in [2.05, 4.69) is 6.58 Å². The maximum atomic E-state index is 12.6. The van der Waals surface area contributed by atoms with Crippen LogP contribution in [0.1, 0.15) is 18.4 Å². The Morgan fingerprint density at radius 1 is 1.52 bits per heavy atom. The number of carbonyl (C=O) groups excluding carboxylic acids is 1. The molecule has 1 aliphatic heterocycles. The van der Waals surface area contributed by atoms with Crippen molar-refractivity contribution in [3.05, 3.63) is 52.6 Å². The van der Waals surface area contributed by atoms with Crippen molar-refractivity contribution in [3.8, 4) is 0 Å². The van der Waals surface area contributed by atoms with Crippen molar-refractivity contribution in [3.63, 3.8) is 0 Å². The lowest BCUT2D eigenvalue weighted by Gasteiger charge is -2.24. The molecule has 2 rings (SSSR count). The first-order valence-corrected chi connectivity index (χ1v) is 7.53. The summed E-state index contributed by atoms with van der Waals surface area (Å²) in [7, 11) is 0. The Labute approximate surface area is 134 Å². The lowest BCUT2D eigenvalue weighted by molar-refractivity contribution is -0.384. The first-order chi connectivity index (χ1) is 11.0. The molecule has 1 fully saturated rings. The van der Waals surface area contributed by atoms with Gasteiger partial charge in [-0.15, -0.1) is 6.58 Å². The zero-order valence-electron chi connectivity index (χ0n) is 12.9. The number of rotatable bonds is 7. The van der Waals surface area contributed by atoms with Gasteiger partial charge < -0.3 is 15.4 Å². The molecule has 1 amide bonds. The molecule has 0 spiro atoms. The average Bonchev–Trinajstić information content (AvgIpc) is 3.03. The van der Waals surface area contributed by atoms with Crippen molar-refractivity contribution in [2.75, 3.05) is 13.1 Å². The predicted molar refractivity (Wildman–Crippen MR) is 85.7 cm³/mol. The van der Waals surface area contributed by atoms with Crippen LogP contribution in [0.4, 0.5) is 5.69 Å². The fraction of sp³-hybridized carbons (Fsp3) is 0.438. The molecule has 7 heteroatoms. The van der Waals surface area contributed by atoms with Gasteiger partial charge in [-0.05, 0) is 18.4 Å². The molecule has 23 heavy (non-hydrogen) atoms. The Hall–Kier alpha value is -2.25. The summed E-state index contributed by atoms with van der Waals surface area (Å²) in [6, 6.07) is 6.27. The van der Waals surface area contributed by atoms with Crippen LogP contribution in [0.15, 0.2) is 36.9 Å². The van der Waals surface area contributed by atoms with Gasteiger partial charge in [0.2, 0.25) is 0 Å². The van der Waals surface area contributed by atoms with Gasteiger partial charge in [0.05, 0.1) is 11.0 Å². The average molecular weight is 319 g/mol. The highest BCUT2D eigenvalue weighted by molar-refractivity contribution is 5.81. The zero-order chi connectivity index (χ0) is 16.8. The number of nitrogens with two attached hydrogens (primary N) is 1. The minimum absolute atomic E-state index is 0.00816. The Kier molecular flexibility index (Phi) is 5.84. The summed E-state index contributed by atoms with van der Waals surface area (Å²) >= 11 is 0. The van der Waals surface area contributed by atoms with E-state index in [9.17, 15) is 14.9 Å². The minimum Gasteiger partial charge on any atom is -0.364 e. The van der Waals surface area contributed by atoms with Gasteiger partial charge in [0.25, 0.3) is 11.6 Å². The van der Waals surface area contributed by atoms with Gasteiger partial charge in [-0.3, -0.25) is 14.9 Å². The van der Waals surface area contributed by atoms with Gasteiger partial charge in [0.15, 0.2) is 0 Å². The van der Waals surface area contributed by atoms with Crippen molar-refractivity contribution >= 4 is 11.6 Å². The van der Waals surface area contributed by atoms with Gasteiger partial charge >= 0.3 is 0 Å². The number of nitrogens with zero attached hydrogens (tertiary/aromatic N) is 2. The van der Waals surface area contributed by atoms with Crippen LogP contribution in [0.3, 0.4) is 0 Å². The zero-order valence-corrected chi connectivity index (χ0v) is 12.9. The molecule has 0 bridgehead atoms. The van der Waals surface area contributed by atoms with E-state index < -0.39 is 11.0 Å². The van der Waals surface area contributed by atoms with E-state index >= 15 is 0 Å². The van der Waals surface area contributed by atoms with E-state index in [4.69, 9.17) is 10.5 Å².